The highest BCUT2D eigenvalue weighted by Gasteiger charge is 2.45. The molecule has 8 rings (SSSR count). The highest BCUT2D eigenvalue weighted by atomic mass is 35.5. The molecular formula is C37H39ClF2N6O3. The van der Waals surface area contributed by atoms with Crippen molar-refractivity contribution < 1.29 is 23.0 Å². The molecule has 4 aliphatic heterocycles. The summed E-state index contributed by atoms with van der Waals surface area (Å²) in [6, 6.07) is 8.17. The Kier molecular flexibility index (Phi) is 8.62. The van der Waals surface area contributed by atoms with E-state index in [1.165, 1.54) is 6.07 Å². The van der Waals surface area contributed by atoms with Crippen LogP contribution in [0.4, 0.5) is 14.6 Å². The van der Waals surface area contributed by atoms with Crippen molar-refractivity contribution in [3.8, 4) is 17.3 Å². The number of carbonyl (C=O) groups excluding carboxylic acids is 1. The number of aromatic nitrogens is 3. The van der Waals surface area contributed by atoms with Crippen LogP contribution >= 0.6 is 11.6 Å². The molecule has 256 valence electrons. The number of carbonyl (C=O) groups is 1. The van der Waals surface area contributed by atoms with Crippen LogP contribution in [0.5, 0.6) is 6.01 Å². The van der Waals surface area contributed by atoms with E-state index in [1.807, 2.05) is 22.9 Å². The summed E-state index contributed by atoms with van der Waals surface area (Å²) < 4.78 is 43.4. The van der Waals surface area contributed by atoms with Crippen LogP contribution in [0, 0.1) is 11.6 Å². The number of amides is 1. The highest BCUT2D eigenvalue weighted by Crippen LogP contribution is 2.41. The maximum absolute atomic E-state index is 16.8. The Morgan fingerprint density at radius 2 is 1.96 bits per heavy atom. The molecule has 2 atom stereocenters. The second-order valence-electron chi connectivity index (χ2n) is 13.7. The molecule has 2 aromatic carbocycles. The number of fused-ring (bicyclic) bond motifs is 3. The average molecular weight is 689 g/mol. The third-order valence-corrected chi connectivity index (χ3v) is 11.3. The normalized spacial score (nSPS) is 22.2. The zero-order chi connectivity index (χ0) is 33.7. The lowest BCUT2D eigenvalue weighted by Crippen LogP contribution is -2.43. The van der Waals surface area contributed by atoms with Crippen LogP contribution in [0.15, 0.2) is 48.7 Å². The van der Waals surface area contributed by atoms with Crippen LogP contribution in [0.1, 0.15) is 44.9 Å². The first kappa shape index (κ1) is 32.3. The van der Waals surface area contributed by atoms with Gasteiger partial charge in [0.1, 0.15) is 29.5 Å². The Bertz CT molecular complexity index is 1940. The Labute approximate surface area is 288 Å². The second kappa shape index (κ2) is 13.1. The smallest absolute Gasteiger partial charge is 0.319 e. The second-order valence-corrected chi connectivity index (χ2v) is 14.1. The molecule has 4 aliphatic rings. The number of halogens is 3. The van der Waals surface area contributed by atoms with E-state index in [1.54, 1.807) is 36.5 Å². The van der Waals surface area contributed by atoms with Crippen LogP contribution < -0.4 is 9.64 Å². The number of pyridine rings is 1. The molecule has 0 bridgehead atoms. The van der Waals surface area contributed by atoms with Gasteiger partial charge in [-0.1, -0.05) is 41.9 Å². The van der Waals surface area contributed by atoms with Crippen molar-refractivity contribution in [2.24, 2.45) is 0 Å². The minimum absolute atomic E-state index is 0.00729. The molecule has 0 N–H and O–H groups in total. The Morgan fingerprint density at radius 1 is 1.12 bits per heavy atom. The number of anilines is 1. The third-order valence-electron chi connectivity index (χ3n) is 10.9. The maximum Gasteiger partial charge on any atom is 0.319 e. The summed E-state index contributed by atoms with van der Waals surface area (Å²) >= 11 is 6.43. The zero-order valence-corrected chi connectivity index (χ0v) is 28.3. The van der Waals surface area contributed by atoms with Crippen molar-refractivity contribution in [1.82, 2.24) is 24.8 Å². The first-order valence-corrected chi connectivity index (χ1v) is 17.6. The molecule has 0 saturated carbocycles. The minimum Gasteiger partial charge on any atom is -0.461 e. The lowest BCUT2D eigenvalue weighted by molar-refractivity contribution is -0.125. The summed E-state index contributed by atoms with van der Waals surface area (Å²) in [6.45, 7) is 4.31. The van der Waals surface area contributed by atoms with Gasteiger partial charge in [0.25, 0.3) is 0 Å². The molecule has 2 unspecified atom stereocenters. The van der Waals surface area contributed by atoms with Gasteiger partial charge < -0.3 is 19.3 Å². The Hall–Kier alpha value is -3.93. The minimum atomic E-state index is -0.670. The first-order valence-electron chi connectivity index (χ1n) is 17.2. The van der Waals surface area contributed by atoms with Gasteiger partial charge in [0, 0.05) is 56.0 Å². The van der Waals surface area contributed by atoms with E-state index in [2.05, 4.69) is 14.9 Å². The van der Waals surface area contributed by atoms with Crippen molar-refractivity contribution in [3.63, 3.8) is 0 Å². The van der Waals surface area contributed by atoms with E-state index in [-0.39, 0.29) is 45.8 Å². The van der Waals surface area contributed by atoms with E-state index in [0.29, 0.717) is 53.7 Å². The molecule has 12 heteroatoms. The summed E-state index contributed by atoms with van der Waals surface area (Å²) in [5, 5.41) is 1.37. The predicted molar refractivity (Wildman–Crippen MR) is 185 cm³/mol. The zero-order valence-electron chi connectivity index (χ0n) is 27.5. The summed E-state index contributed by atoms with van der Waals surface area (Å²) in [6.07, 6.45) is 12.0. The molecule has 4 aromatic rings. The topological polar surface area (TPSA) is 83.9 Å². The van der Waals surface area contributed by atoms with Crippen LogP contribution in [-0.2, 0) is 9.53 Å². The SMILES string of the molecule is CN(c1nc(OCC23CCCN2CCC3)nc2c(F)c(-c3cccc4ccc(F)c(Cl)c34)ncc12)C1CCN(C(=O)/C=C/C2CCCO2)C1. The quantitative estimate of drug-likeness (QED) is 0.193. The number of likely N-dealkylation sites (N-methyl/N-ethyl adjacent to an activating group) is 1. The number of benzene rings is 2. The number of nitrogens with zero attached hydrogens (tertiary/aromatic N) is 6. The number of hydrogen-bond donors (Lipinski definition) is 0. The van der Waals surface area contributed by atoms with E-state index in [4.69, 9.17) is 26.1 Å². The van der Waals surface area contributed by atoms with Gasteiger partial charge in [0.15, 0.2) is 5.82 Å². The van der Waals surface area contributed by atoms with Crippen molar-refractivity contribution in [2.75, 3.05) is 51.3 Å². The van der Waals surface area contributed by atoms with Crippen molar-refractivity contribution in [3.05, 3.63) is 65.3 Å². The van der Waals surface area contributed by atoms with Crippen molar-refractivity contribution in [2.45, 2.75) is 62.6 Å². The fraction of sp³-hybridized carbons (Fsp3) is 0.459. The molecule has 2 aromatic heterocycles. The van der Waals surface area contributed by atoms with Crippen LogP contribution in [0.2, 0.25) is 5.02 Å². The fourth-order valence-electron chi connectivity index (χ4n) is 8.19. The number of likely N-dealkylation sites (tertiary alicyclic amines) is 1. The molecule has 0 spiro atoms. The third kappa shape index (κ3) is 5.89. The molecule has 4 saturated heterocycles. The molecule has 4 fully saturated rings. The van der Waals surface area contributed by atoms with E-state index >= 15 is 4.39 Å². The van der Waals surface area contributed by atoms with Gasteiger partial charge >= 0.3 is 6.01 Å². The van der Waals surface area contributed by atoms with E-state index < -0.39 is 11.6 Å². The lowest BCUT2D eigenvalue weighted by atomic mass is 9.95. The van der Waals surface area contributed by atoms with Gasteiger partial charge in [-0.25, -0.2) is 8.78 Å². The van der Waals surface area contributed by atoms with E-state index in [0.717, 1.165) is 58.2 Å². The van der Waals surface area contributed by atoms with Crippen molar-refractivity contribution >= 4 is 45.0 Å². The van der Waals surface area contributed by atoms with Crippen LogP contribution in [-0.4, -0.2) is 94.8 Å². The van der Waals surface area contributed by atoms with Gasteiger partial charge in [-0.05, 0) is 69.5 Å². The van der Waals surface area contributed by atoms with Gasteiger partial charge in [-0.3, -0.25) is 14.7 Å². The molecule has 0 aliphatic carbocycles. The number of rotatable bonds is 8. The standard InChI is InChI=1S/C37H39ClF2N6O3/c1-44(24-13-18-45(21-24)29(47)12-10-25-7-3-19-48-25)35-27-20-41-33(26-8-2-6-23-9-11-28(39)31(38)30(23)26)32(40)34(27)42-36(43-35)49-22-37-14-4-16-46(37)17-5-15-37/h2,6,8-12,20,24-25H,3-5,7,13-19,21-22H2,1H3/b12-10+. The first-order chi connectivity index (χ1) is 23.8. The maximum atomic E-state index is 16.8. The molecule has 6 heterocycles. The molecule has 9 nitrogen and oxygen atoms in total. The van der Waals surface area contributed by atoms with Gasteiger partial charge in [0.05, 0.1) is 22.1 Å². The summed E-state index contributed by atoms with van der Waals surface area (Å²) in [4.78, 5) is 33.4. The average Bonchev–Trinajstić information content (AvgIpc) is 3.93. The number of hydrogen-bond acceptors (Lipinski definition) is 8. The fourth-order valence-corrected chi connectivity index (χ4v) is 8.46. The monoisotopic (exact) mass is 688 g/mol. The summed E-state index contributed by atoms with van der Waals surface area (Å²) in [7, 11) is 1.90. The number of ether oxygens (including phenoxy) is 2. The van der Waals surface area contributed by atoms with Crippen LogP contribution in [0.25, 0.3) is 32.9 Å². The predicted octanol–water partition coefficient (Wildman–Crippen LogP) is 6.56. The van der Waals surface area contributed by atoms with Gasteiger partial charge in [-0.2, -0.15) is 9.97 Å². The molecular weight excluding hydrogens is 650 g/mol. The summed E-state index contributed by atoms with van der Waals surface area (Å²) in [5.74, 6) is -0.844. The van der Waals surface area contributed by atoms with Crippen LogP contribution in [0.3, 0.4) is 0 Å². The molecule has 0 radical (unpaired) electrons. The largest absolute Gasteiger partial charge is 0.461 e. The Balaban J connectivity index is 1.15. The lowest BCUT2D eigenvalue weighted by Gasteiger charge is -2.31. The highest BCUT2D eigenvalue weighted by molar-refractivity contribution is 6.36. The summed E-state index contributed by atoms with van der Waals surface area (Å²) in [5.41, 5.74) is 0.374. The van der Waals surface area contributed by atoms with E-state index in [9.17, 15) is 9.18 Å². The van der Waals surface area contributed by atoms with Crippen molar-refractivity contribution in [1.29, 1.82) is 0 Å². The van der Waals surface area contributed by atoms with Gasteiger partial charge in [0.2, 0.25) is 5.91 Å². The Morgan fingerprint density at radius 3 is 2.76 bits per heavy atom. The molecule has 49 heavy (non-hydrogen) atoms. The van der Waals surface area contributed by atoms with Gasteiger partial charge in [-0.15, -0.1) is 0 Å². The molecule has 1 amide bonds.